The second kappa shape index (κ2) is 5.45. The third kappa shape index (κ3) is 2.79. The fraction of sp³-hybridized carbons (Fsp3) is 0.273. The average Bonchev–Trinajstić information content (AvgIpc) is 2.87. The van der Waals surface area contributed by atoms with Crippen LogP contribution in [0.25, 0.3) is 5.69 Å². The maximum Gasteiger partial charge on any atom is 0.270 e. The molecule has 0 amide bonds. The predicted molar refractivity (Wildman–Crippen MR) is 71.0 cm³/mol. The lowest BCUT2D eigenvalue weighted by molar-refractivity contribution is -0.384. The molecule has 1 heterocycles. The molecule has 0 spiro atoms. The molecule has 1 unspecified atom stereocenters. The van der Waals surface area contributed by atoms with Crippen molar-refractivity contribution in [1.29, 1.82) is 0 Å². The van der Waals surface area contributed by atoms with Crippen molar-refractivity contribution in [3.05, 3.63) is 44.7 Å². The third-order valence-electron chi connectivity index (χ3n) is 2.63. The summed E-state index contributed by atoms with van der Waals surface area (Å²) in [4.78, 5) is 10.2. The van der Waals surface area contributed by atoms with Crippen LogP contribution in [0.2, 0.25) is 0 Å². The molecule has 1 atom stereocenters. The Labute approximate surface area is 117 Å². The summed E-state index contributed by atoms with van der Waals surface area (Å²) < 4.78 is 1.99. The first-order valence-electron chi connectivity index (χ1n) is 5.57. The van der Waals surface area contributed by atoms with Gasteiger partial charge in [0.1, 0.15) is 5.69 Å². The third-order valence-corrected chi connectivity index (χ3v) is 3.26. The largest absolute Gasteiger partial charge is 0.387 e. The molecule has 0 saturated carbocycles. The van der Waals surface area contributed by atoms with Gasteiger partial charge in [0.15, 0.2) is 0 Å². The van der Waals surface area contributed by atoms with Crippen LogP contribution in [0.5, 0.6) is 0 Å². The standard InChI is InChI=1S/C11H11BrN4O3/c1-2-11(17)9-6-15(14-13-9)10-4-3-7(16(18)19)5-8(10)12/h3-6,11,17H,2H2,1H3. The van der Waals surface area contributed by atoms with Crippen molar-refractivity contribution in [1.82, 2.24) is 15.0 Å². The number of benzene rings is 1. The van der Waals surface area contributed by atoms with E-state index in [0.717, 1.165) is 0 Å². The van der Waals surface area contributed by atoms with Gasteiger partial charge >= 0.3 is 0 Å². The quantitative estimate of drug-likeness (QED) is 0.687. The van der Waals surface area contributed by atoms with Crippen molar-refractivity contribution >= 4 is 21.6 Å². The number of hydrogen-bond acceptors (Lipinski definition) is 5. The molecular formula is C11H11BrN4O3. The molecular weight excluding hydrogens is 316 g/mol. The first-order chi connectivity index (χ1) is 9.02. The molecule has 1 aromatic carbocycles. The molecule has 19 heavy (non-hydrogen) atoms. The molecule has 0 aliphatic heterocycles. The van der Waals surface area contributed by atoms with E-state index in [1.807, 2.05) is 6.92 Å². The molecule has 2 aromatic rings. The summed E-state index contributed by atoms with van der Waals surface area (Å²) in [6, 6.07) is 4.35. The average molecular weight is 327 g/mol. The van der Waals surface area contributed by atoms with Crippen LogP contribution in [0.4, 0.5) is 5.69 Å². The fourth-order valence-corrected chi connectivity index (χ4v) is 2.10. The van der Waals surface area contributed by atoms with Crippen LogP contribution in [-0.2, 0) is 0 Å². The van der Waals surface area contributed by atoms with Crippen LogP contribution in [0.1, 0.15) is 25.1 Å². The number of nitro benzene ring substituents is 1. The zero-order valence-corrected chi connectivity index (χ0v) is 11.6. The Hall–Kier alpha value is -1.80. The number of aliphatic hydroxyl groups excluding tert-OH is 1. The summed E-state index contributed by atoms with van der Waals surface area (Å²) in [5, 5.41) is 28.1. The number of nitro groups is 1. The van der Waals surface area contributed by atoms with Crippen LogP contribution < -0.4 is 0 Å². The number of halogens is 1. The van der Waals surface area contributed by atoms with E-state index in [1.165, 1.54) is 16.8 Å². The Balaban J connectivity index is 2.37. The number of aromatic nitrogens is 3. The molecule has 2 rings (SSSR count). The SMILES string of the molecule is CCC(O)c1cn(-c2ccc([N+](=O)[O-])cc2Br)nn1. The second-order valence-corrected chi connectivity index (χ2v) is 4.76. The molecule has 0 radical (unpaired) electrons. The smallest absolute Gasteiger partial charge is 0.270 e. The lowest BCUT2D eigenvalue weighted by Gasteiger charge is -2.03. The molecule has 100 valence electrons. The van der Waals surface area contributed by atoms with Crippen molar-refractivity contribution in [2.45, 2.75) is 19.4 Å². The van der Waals surface area contributed by atoms with Gasteiger partial charge in [-0.2, -0.15) is 0 Å². The monoisotopic (exact) mass is 326 g/mol. The van der Waals surface area contributed by atoms with Crippen LogP contribution in [0.15, 0.2) is 28.9 Å². The minimum absolute atomic E-state index is 0.00967. The molecule has 0 saturated heterocycles. The van der Waals surface area contributed by atoms with Crippen molar-refractivity contribution in [3.8, 4) is 5.69 Å². The van der Waals surface area contributed by atoms with E-state index in [2.05, 4.69) is 26.2 Å². The van der Waals surface area contributed by atoms with E-state index < -0.39 is 11.0 Å². The number of non-ortho nitro benzene ring substituents is 1. The number of hydrogen-bond donors (Lipinski definition) is 1. The maximum atomic E-state index is 10.7. The maximum absolute atomic E-state index is 10.7. The van der Waals surface area contributed by atoms with Crippen LogP contribution in [0, 0.1) is 10.1 Å². The van der Waals surface area contributed by atoms with Crippen LogP contribution >= 0.6 is 15.9 Å². The van der Waals surface area contributed by atoms with E-state index in [-0.39, 0.29) is 5.69 Å². The first kappa shape index (κ1) is 13.6. The molecule has 0 fully saturated rings. The van der Waals surface area contributed by atoms with E-state index >= 15 is 0 Å². The van der Waals surface area contributed by atoms with E-state index in [1.54, 1.807) is 12.3 Å². The van der Waals surface area contributed by atoms with Crippen molar-refractivity contribution in [2.75, 3.05) is 0 Å². The predicted octanol–water partition coefficient (Wildman–Crippen LogP) is 2.38. The summed E-state index contributed by atoms with van der Waals surface area (Å²) in [7, 11) is 0. The highest BCUT2D eigenvalue weighted by atomic mass is 79.9. The zero-order valence-electron chi connectivity index (χ0n) is 10.0. The lowest BCUT2D eigenvalue weighted by Crippen LogP contribution is -1.97. The van der Waals surface area contributed by atoms with Gasteiger partial charge in [0.05, 0.1) is 27.4 Å². The Morgan fingerprint density at radius 2 is 2.32 bits per heavy atom. The summed E-state index contributed by atoms with van der Waals surface area (Å²) in [5.74, 6) is 0. The summed E-state index contributed by atoms with van der Waals surface area (Å²) in [5.41, 5.74) is 1.07. The fourth-order valence-electron chi connectivity index (χ4n) is 1.55. The topological polar surface area (TPSA) is 94.1 Å². The highest BCUT2D eigenvalue weighted by Gasteiger charge is 2.14. The van der Waals surface area contributed by atoms with Crippen molar-refractivity contribution < 1.29 is 10.0 Å². The highest BCUT2D eigenvalue weighted by Crippen LogP contribution is 2.26. The molecule has 0 aliphatic rings. The molecule has 7 nitrogen and oxygen atoms in total. The summed E-state index contributed by atoms with van der Waals surface area (Å²) >= 11 is 3.26. The Kier molecular flexibility index (Phi) is 3.91. The van der Waals surface area contributed by atoms with E-state index in [4.69, 9.17) is 0 Å². The van der Waals surface area contributed by atoms with Gasteiger partial charge in [0, 0.05) is 12.1 Å². The van der Waals surface area contributed by atoms with E-state index in [9.17, 15) is 15.2 Å². The van der Waals surface area contributed by atoms with Gasteiger partial charge in [-0.3, -0.25) is 10.1 Å². The Bertz CT molecular complexity index is 614. The highest BCUT2D eigenvalue weighted by molar-refractivity contribution is 9.10. The van der Waals surface area contributed by atoms with Gasteiger partial charge in [0.25, 0.3) is 5.69 Å². The molecule has 8 heteroatoms. The normalized spacial score (nSPS) is 12.4. The Morgan fingerprint density at radius 3 is 2.89 bits per heavy atom. The van der Waals surface area contributed by atoms with Gasteiger partial charge in [0.2, 0.25) is 0 Å². The van der Waals surface area contributed by atoms with Gasteiger partial charge in [-0.1, -0.05) is 12.1 Å². The minimum Gasteiger partial charge on any atom is -0.387 e. The first-order valence-corrected chi connectivity index (χ1v) is 6.37. The van der Waals surface area contributed by atoms with E-state index in [0.29, 0.717) is 22.3 Å². The van der Waals surface area contributed by atoms with Crippen molar-refractivity contribution in [2.24, 2.45) is 0 Å². The minimum atomic E-state index is -0.662. The summed E-state index contributed by atoms with van der Waals surface area (Å²) in [6.07, 6.45) is 1.48. The molecule has 0 bridgehead atoms. The van der Waals surface area contributed by atoms with Gasteiger partial charge in [-0.15, -0.1) is 5.10 Å². The molecule has 0 aliphatic carbocycles. The number of rotatable bonds is 4. The van der Waals surface area contributed by atoms with Crippen LogP contribution in [0.3, 0.4) is 0 Å². The summed E-state index contributed by atoms with van der Waals surface area (Å²) in [6.45, 7) is 1.84. The van der Waals surface area contributed by atoms with Gasteiger partial charge in [-0.05, 0) is 28.4 Å². The second-order valence-electron chi connectivity index (χ2n) is 3.90. The molecule has 1 aromatic heterocycles. The molecule has 1 N–H and O–H groups in total. The Morgan fingerprint density at radius 1 is 1.58 bits per heavy atom. The number of aliphatic hydroxyl groups is 1. The zero-order chi connectivity index (χ0) is 14.0. The van der Waals surface area contributed by atoms with Gasteiger partial charge in [-0.25, -0.2) is 4.68 Å². The lowest BCUT2D eigenvalue weighted by atomic mass is 10.2. The van der Waals surface area contributed by atoms with Crippen molar-refractivity contribution in [3.63, 3.8) is 0 Å². The number of nitrogens with zero attached hydrogens (tertiary/aromatic N) is 4. The van der Waals surface area contributed by atoms with Crippen LogP contribution in [-0.4, -0.2) is 25.0 Å². The van der Waals surface area contributed by atoms with Gasteiger partial charge < -0.3 is 5.11 Å².